The highest BCUT2D eigenvalue weighted by Crippen LogP contribution is 2.06. The monoisotopic (exact) mass is 332 g/mol. The number of hydrogen-bond donors (Lipinski definition) is 2. The van der Waals surface area contributed by atoms with E-state index in [0.717, 1.165) is 25.7 Å². The van der Waals surface area contributed by atoms with Gasteiger partial charge in [-0.2, -0.15) is 10.2 Å². The van der Waals surface area contributed by atoms with Crippen molar-refractivity contribution >= 4 is 29.8 Å². The van der Waals surface area contributed by atoms with E-state index < -0.39 is 0 Å². The molecule has 0 aliphatic carbocycles. The normalized spacial score (nSPS) is 24.3. The van der Waals surface area contributed by atoms with Crippen molar-refractivity contribution < 1.29 is 19.9 Å². The minimum Gasteiger partial charge on any atom is -0.253 e. The van der Waals surface area contributed by atoms with E-state index in [1.807, 2.05) is 6.21 Å². The van der Waals surface area contributed by atoms with Crippen molar-refractivity contribution in [2.75, 3.05) is 13.2 Å². The lowest BCUT2D eigenvalue weighted by Gasteiger charge is -2.02. The summed E-state index contributed by atoms with van der Waals surface area (Å²) in [4.78, 5) is 9.53. The van der Waals surface area contributed by atoms with Crippen LogP contribution in [0.15, 0.2) is 10.2 Å². The number of hydrazone groups is 2. The predicted molar refractivity (Wildman–Crippen MR) is 86.9 cm³/mol. The first kappa shape index (κ1) is 18.9. The largest absolute Gasteiger partial charge is 0.253 e. The molecule has 9 heteroatoms. The molecule has 0 fully saturated rings. The molecule has 0 radical (unpaired) electrons. The van der Waals surface area contributed by atoms with E-state index in [2.05, 4.69) is 31.1 Å². The Labute approximate surface area is 136 Å². The number of nitrogens with zero attached hydrogens (tertiary/aromatic N) is 2. The van der Waals surface area contributed by atoms with Gasteiger partial charge >= 0.3 is 0 Å². The summed E-state index contributed by atoms with van der Waals surface area (Å²) in [6.45, 7) is 0.775. The van der Waals surface area contributed by atoms with Crippen LogP contribution >= 0.6 is 12.2 Å². The molecule has 22 heavy (non-hydrogen) atoms. The summed E-state index contributed by atoms with van der Waals surface area (Å²) in [6, 6.07) is 0. The fraction of sp³-hybridized carbons (Fsp3) is 0.769. The third-order valence-electron chi connectivity index (χ3n) is 2.78. The Morgan fingerprint density at radius 2 is 1.36 bits per heavy atom. The van der Waals surface area contributed by atoms with Crippen molar-refractivity contribution in [1.82, 2.24) is 10.9 Å². The Morgan fingerprint density at radius 1 is 0.773 bits per heavy atom. The lowest BCUT2D eigenvalue weighted by atomic mass is 10.1. The molecule has 0 aromatic rings. The van der Waals surface area contributed by atoms with Crippen LogP contribution in [0, 0.1) is 0 Å². The number of thiocarbonyl (C=S) groups is 1. The molecule has 0 aromatic carbocycles. The predicted octanol–water partition coefficient (Wildman–Crippen LogP) is 2.37. The molecule has 0 saturated heterocycles. The summed E-state index contributed by atoms with van der Waals surface area (Å²) < 4.78 is 0. The van der Waals surface area contributed by atoms with Crippen molar-refractivity contribution in [2.24, 2.45) is 10.2 Å². The zero-order chi connectivity index (χ0) is 15.7. The Balaban J connectivity index is 2.20. The van der Waals surface area contributed by atoms with E-state index in [0.29, 0.717) is 18.1 Å². The Kier molecular flexibility index (Phi) is 12.7. The molecule has 126 valence electrons. The lowest BCUT2D eigenvalue weighted by molar-refractivity contribution is -0.634. The molecular formula is C13H24N4O4S. The van der Waals surface area contributed by atoms with E-state index >= 15 is 0 Å². The van der Waals surface area contributed by atoms with Gasteiger partial charge in [0.1, 0.15) is 0 Å². The van der Waals surface area contributed by atoms with Crippen LogP contribution in [0.2, 0.25) is 0 Å². The van der Waals surface area contributed by atoms with Crippen molar-refractivity contribution in [1.29, 1.82) is 0 Å². The van der Waals surface area contributed by atoms with Crippen LogP contribution in [-0.2, 0) is 19.9 Å². The highest BCUT2D eigenvalue weighted by atomic mass is 32.1. The minimum atomic E-state index is 0.285. The average Bonchev–Trinajstić information content (AvgIpc) is 2.52. The zero-order valence-electron chi connectivity index (χ0n) is 12.7. The van der Waals surface area contributed by atoms with Crippen LogP contribution in [-0.4, -0.2) is 30.8 Å². The van der Waals surface area contributed by atoms with Crippen molar-refractivity contribution in [3.8, 4) is 0 Å². The van der Waals surface area contributed by atoms with Gasteiger partial charge in [-0.05, 0) is 41.6 Å². The summed E-state index contributed by atoms with van der Waals surface area (Å²) >= 11 is 4.99. The second-order valence-electron chi connectivity index (χ2n) is 4.65. The summed E-state index contributed by atoms with van der Waals surface area (Å²) in [6.07, 6.45) is 11.6. The summed E-state index contributed by atoms with van der Waals surface area (Å²) in [7, 11) is 0. The molecule has 0 spiro atoms. The van der Waals surface area contributed by atoms with E-state index in [-0.39, 0.29) is 6.61 Å². The molecule has 2 N–H and O–H groups in total. The first-order chi connectivity index (χ1) is 10.9. The van der Waals surface area contributed by atoms with Gasteiger partial charge in [-0.25, -0.2) is 9.78 Å². The summed E-state index contributed by atoms with van der Waals surface area (Å²) in [5.74, 6) is 0. The van der Waals surface area contributed by atoms with E-state index in [1.54, 1.807) is 6.21 Å². The summed E-state index contributed by atoms with van der Waals surface area (Å²) in [5.41, 5.74) is 5.33. The van der Waals surface area contributed by atoms with E-state index in [4.69, 9.17) is 22.0 Å². The maximum absolute atomic E-state index is 4.99. The van der Waals surface area contributed by atoms with Gasteiger partial charge in [0, 0.05) is 18.9 Å². The fourth-order valence-corrected chi connectivity index (χ4v) is 1.78. The molecule has 0 atom stereocenters. The zero-order valence-corrected chi connectivity index (χ0v) is 13.5. The first-order valence-electron chi connectivity index (χ1n) is 7.56. The van der Waals surface area contributed by atoms with Gasteiger partial charge in [-0.1, -0.05) is 25.7 Å². The smallest absolute Gasteiger partial charge is 0.207 e. The molecule has 1 aliphatic rings. The standard InChI is InChI=1S/C13H24N4O4S/c22-13-16-14-9-6-4-2-1-3-5-7-11-18-20-21-19-12-8-10-15-17-13/h9-10H,1-8,11-12H2,(H2,16,17,22)/b14-9-,15-10-. The molecule has 1 aliphatic heterocycles. The quantitative estimate of drug-likeness (QED) is 0.520. The van der Waals surface area contributed by atoms with Crippen molar-refractivity contribution in [3.05, 3.63) is 0 Å². The summed E-state index contributed by atoms with van der Waals surface area (Å²) in [5, 5.41) is 17.1. The van der Waals surface area contributed by atoms with Gasteiger partial charge in [0.25, 0.3) is 0 Å². The van der Waals surface area contributed by atoms with Gasteiger partial charge in [-0.15, -0.1) is 0 Å². The van der Waals surface area contributed by atoms with Gasteiger partial charge in [-0.3, -0.25) is 10.9 Å². The molecule has 1 heterocycles. The Morgan fingerprint density at radius 3 is 2.14 bits per heavy atom. The Hall–Kier alpha value is -1.13. The third kappa shape index (κ3) is 12.6. The van der Waals surface area contributed by atoms with Gasteiger partial charge in [0.15, 0.2) is 0 Å². The van der Waals surface area contributed by atoms with Crippen LogP contribution in [0.3, 0.4) is 0 Å². The van der Waals surface area contributed by atoms with Crippen LogP contribution in [0.5, 0.6) is 0 Å². The number of rotatable bonds is 0. The topological polar surface area (TPSA) is 85.7 Å². The first-order valence-corrected chi connectivity index (χ1v) is 7.97. The van der Waals surface area contributed by atoms with Crippen LogP contribution < -0.4 is 10.9 Å². The van der Waals surface area contributed by atoms with Gasteiger partial charge in [0.2, 0.25) is 5.11 Å². The third-order valence-corrected chi connectivity index (χ3v) is 2.96. The maximum Gasteiger partial charge on any atom is 0.207 e. The molecule has 8 nitrogen and oxygen atoms in total. The van der Waals surface area contributed by atoms with Crippen molar-refractivity contribution in [2.45, 2.75) is 51.4 Å². The highest BCUT2D eigenvalue weighted by molar-refractivity contribution is 7.80. The molecule has 1 rings (SSSR count). The number of hydrogen-bond acceptors (Lipinski definition) is 7. The second kappa shape index (κ2) is 14.8. The molecule has 0 saturated carbocycles. The van der Waals surface area contributed by atoms with Gasteiger partial charge < -0.3 is 0 Å². The molecule has 0 aromatic heterocycles. The average molecular weight is 332 g/mol. The Bertz CT molecular complexity index is 312. The highest BCUT2D eigenvalue weighted by Gasteiger charge is 1.95. The SMILES string of the molecule is S=C1N/N=C\CCCCCCCCOOOOCC/C=N\N1. The van der Waals surface area contributed by atoms with E-state index in [1.165, 1.54) is 19.3 Å². The van der Waals surface area contributed by atoms with Crippen LogP contribution in [0.25, 0.3) is 0 Å². The lowest BCUT2D eigenvalue weighted by Crippen LogP contribution is -2.28. The van der Waals surface area contributed by atoms with E-state index in [9.17, 15) is 0 Å². The molecule has 0 bridgehead atoms. The second-order valence-corrected chi connectivity index (χ2v) is 5.06. The van der Waals surface area contributed by atoms with Gasteiger partial charge in [0.05, 0.1) is 13.2 Å². The molecular weight excluding hydrogens is 308 g/mol. The maximum atomic E-state index is 4.99. The van der Waals surface area contributed by atoms with Crippen LogP contribution in [0.1, 0.15) is 51.4 Å². The van der Waals surface area contributed by atoms with Crippen molar-refractivity contribution in [3.63, 3.8) is 0 Å². The molecule has 0 amide bonds. The van der Waals surface area contributed by atoms with Crippen LogP contribution in [0.4, 0.5) is 0 Å². The number of nitrogens with one attached hydrogen (secondary N) is 2. The fourth-order valence-electron chi connectivity index (χ4n) is 1.67. The molecule has 0 unspecified atom stereocenters. The minimum absolute atomic E-state index is 0.285.